The van der Waals surface area contributed by atoms with Gasteiger partial charge in [0.1, 0.15) is 10.7 Å². The normalized spacial score (nSPS) is 11.5. The molecule has 1 N–H and O–H groups in total. The van der Waals surface area contributed by atoms with E-state index in [1.54, 1.807) is 16.0 Å². The summed E-state index contributed by atoms with van der Waals surface area (Å²) in [7, 11) is 0. The lowest BCUT2D eigenvalue weighted by Crippen LogP contribution is -2.11. The molecule has 0 amide bonds. The molecule has 0 unspecified atom stereocenters. The van der Waals surface area contributed by atoms with E-state index in [9.17, 15) is 4.79 Å². The minimum atomic E-state index is -0.114. The van der Waals surface area contributed by atoms with Crippen LogP contribution in [0.5, 0.6) is 0 Å². The molecule has 5 aromatic rings. The van der Waals surface area contributed by atoms with E-state index in [0.717, 1.165) is 21.0 Å². The minimum Gasteiger partial charge on any atom is -0.309 e. The van der Waals surface area contributed by atoms with E-state index in [0.29, 0.717) is 22.1 Å². The van der Waals surface area contributed by atoms with Gasteiger partial charge in [0.05, 0.1) is 16.8 Å². The number of tetrazole rings is 1. The Kier molecular flexibility index (Phi) is 5.20. The van der Waals surface area contributed by atoms with Crippen LogP contribution >= 0.6 is 34.4 Å². The van der Waals surface area contributed by atoms with Crippen molar-refractivity contribution in [2.75, 3.05) is 0 Å². The van der Waals surface area contributed by atoms with Crippen molar-refractivity contribution in [2.24, 2.45) is 0 Å². The summed E-state index contributed by atoms with van der Waals surface area (Å²) in [5.41, 5.74) is 4.13. The molecule has 0 radical (unpaired) electrons. The Labute approximate surface area is 190 Å². The van der Waals surface area contributed by atoms with Gasteiger partial charge in [-0.25, -0.2) is 4.98 Å². The molecule has 0 saturated carbocycles. The third kappa shape index (κ3) is 3.82. The average molecular weight is 467 g/mol. The highest BCUT2D eigenvalue weighted by Crippen LogP contribution is 2.35. The number of thiophene rings is 2. The van der Waals surface area contributed by atoms with E-state index >= 15 is 0 Å². The molecule has 0 fully saturated rings. The first-order valence-corrected chi connectivity index (χ1v) is 12.2. The molecule has 31 heavy (non-hydrogen) atoms. The number of nitrogens with one attached hydrogen (secondary N) is 1. The van der Waals surface area contributed by atoms with E-state index in [-0.39, 0.29) is 5.56 Å². The van der Waals surface area contributed by atoms with Gasteiger partial charge < -0.3 is 4.98 Å². The van der Waals surface area contributed by atoms with Crippen molar-refractivity contribution in [3.63, 3.8) is 0 Å². The third-order valence-electron chi connectivity index (χ3n) is 5.01. The highest BCUT2D eigenvalue weighted by molar-refractivity contribution is 7.98. The molecule has 0 spiro atoms. The number of thioether (sulfide) groups is 1. The van der Waals surface area contributed by atoms with E-state index in [4.69, 9.17) is 0 Å². The lowest BCUT2D eigenvalue weighted by atomic mass is 10.1. The lowest BCUT2D eigenvalue weighted by Gasteiger charge is -2.07. The molecule has 4 heterocycles. The number of hydrogen-bond acceptors (Lipinski definition) is 8. The Hall–Kier alpha value is -2.82. The van der Waals surface area contributed by atoms with Gasteiger partial charge in [0.2, 0.25) is 5.16 Å². The summed E-state index contributed by atoms with van der Waals surface area (Å²) in [5.74, 6) is 1.06. The van der Waals surface area contributed by atoms with Crippen molar-refractivity contribution in [1.82, 2.24) is 30.2 Å². The fourth-order valence-corrected chi connectivity index (χ4v) is 5.93. The van der Waals surface area contributed by atoms with Crippen LogP contribution in [0.2, 0.25) is 0 Å². The molecular weight excluding hydrogens is 448 g/mol. The zero-order valence-electron chi connectivity index (χ0n) is 17.0. The number of aromatic amines is 1. The molecule has 156 valence electrons. The van der Waals surface area contributed by atoms with E-state index < -0.39 is 0 Å². The summed E-state index contributed by atoms with van der Waals surface area (Å²) in [5, 5.41) is 15.4. The molecule has 0 atom stereocenters. The van der Waals surface area contributed by atoms with Crippen molar-refractivity contribution >= 4 is 44.7 Å². The molecule has 0 aliphatic heterocycles. The number of H-pyrrole nitrogens is 1. The van der Waals surface area contributed by atoms with Crippen LogP contribution in [0.25, 0.3) is 26.3 Å². The van der Waals surface area contributed by atoms with Gasteiger partial charge in [-0.1, -0.05) is 17.8 Å². The van der Waals surface area contributed by atoms with Crippen LogP contribution in [-0.4, -0.2) is 30.2 Å². The number of benzene rings is 1. The number of aromatic nitrogens is 6. The van der Waals surface area contributed by atoms with E-state index in [1.165, 1.54) is 39.1 Å². The Morgan fingerprint density at radius 3 is 2.77 bits per heavy atom. The topological polar surface area (TPSA) is 89.3 Å². The van der Waals surface area contributed by atoms with Gasteiger partial charge in [0.25, 0.3) is 5.56 Å². The quantitative estimate of drug-likeness (QED) is 0.370. The number of fused-ring (bicyclic) bond motifs is 1. The highest BCUT2D eigenvalue weighted by Gasteiger charge is 2.16. The van der Waals surface area contributed by atoms with Crippen LogP contribution in [-0.2, 0) is 5.75 Å². The van der Waals surface area contributed by atoms with Crippen molar-refractivity contribution in [3.05, 3.63) is 67.9 Å². The van der Waals surface area contributed by atoms with Gasteiger partial charge in [0.15, 0.2) is 0 Å². The summed E-state index contributed by atoms with van der Waals surface area (Å²) in [4.78, 5) is 23.5. The van der Waals surface area contributed by atoms with Gasteiger partial charge in [-0.2, -0.15) is 4.68 Å². The van der Waals surface area contributed by atoms with Crippen molar-refractivity contribution in [2.45, 2.75) is 31.7 Å². The summed E-state index contributed by atoms with van der Waals surface area (Å²) >= 11 is 4.61. The van der Waals surface area contributed by atoms with Crippen LogP contribution in [0, 0.1) is 20.8 Å². The van der Waals surface area contributed by atoms with Crippen LogP contribution in [0.4, 0.5) is 0 Å². The maximum atomic E-state index is 12.8. The summed E-state index contributed by atoms with van der Waals surface area (Å²) in [6.45, 7) is 6.20. The number of aryl methyl sites for hydroxylation is 3. The fourth-order valence-electron chi connectivity index (χ4n) is 3.24. The summed E-state index contributed by atoms with van der Waals surface area (Å²) in [6, 6.07) is 10.2. The van der Waals surface area contributed by atoms with E-state index in [1.807, 2.05) is 11.4 Å². The minimum absolute atomic E-state index is 0.114. The summed E-state index contributed by atoms with van der Waals surface area (Å²) in [6.07, 6.45) is 0. The molecule has 0 aliphatic carbocycles. The van der Waals surface area contributed by atoms with Gasteiger partial charge in [0, 0.05) is 20.7 Å². The first-order valence-electron chi connectivity index (χ1n) is 9.55. The van der Waals surface area contributed by atoms with Crippen molar-refractivity contribution in [3.8, 4) is 16.1 Å². The Morgan fingerprint density at radius 1 is 1.13 bits per heavy atom. The second-order valence-electron chi connectivity index (χ2n) is 7.18. The molecule has 0 saturated heterocycles. The largest absolute Gasteiger partial charge is 0.309 e. The Morgan fingerprint density at radius 2 is 2.00 bits per heavy atom. The molecule has 1 aromatic carbocycles. The maximum Gasteiger partial charge on any atom is 0.260 e. The van der Waals surface area contributed by atoms with Gasteiger partial charge in [-0.3, -0.25) is 4.79 Å². The molecule has 5 rings (SSSR count). The fraction of sp³-hybridized carbons (Fsp3) is 0.190. The SMILES string of the molecule is Cc1ccc(-c2csc3nc(CSc4nnnn4-c4ccc(C)c(C)c4)[nH]c(=O)c23)s1. The van der Waals surface area contributed by atoms with Gasteiger partial charge in [-0.15, -0.1) is 27.8 Å². The number of nitrogens with zero attached hydrogens (tertiary/aromatic N) is 5. The first kappa shape index (κ1) is 20.1. The maximum absolute atomic E-state index is 12.8. The molecule has 4 aromatic heterocycles. The highest BCUT2D eigenvalue weighted by atomic mass is 32.2. The van der Waals surface area contributed by atoms with E-state index in [2.05, 4.69) is 70.5 Å². The van der Waals surface area contributed by atoms with Crippen molar-refractivity contribution in [1.29, 1.82) is 0 Å². The molecule has 0 aliphatic rings. The zero-order valence-corrected chi connectivity index (χ0v) is 19.5. The summed E-state index contributed by atoms with van der Waals surface area (Å²) < 4.78 is 1.70. The van der Waals surface area contributed by atoms with Crippen LogP contribution in [0.3, 0.4) is 0 Å². The predicted octanol–water partition coefficient (Wildman–Crippen LogP) is 4.91. The molecule has 7 nitrogen and oxygen atoms in total. The zero-order chi connectivity index (χ0) is 21.5. The average Bonchev–Trinajstić information content (AvgIpc) is 3.47. The van der Waals surface area contributed by atoms with Crippen LogP contribution in [0.15, 0.2) is 45.7 Å². The standard InChI is InChI=1S/C21H18N6OS3/c1-11-4-6-14(8-12(11)2)27-21(24-25-26-27)30-10-17-22-19(28)18-15(9-29-20(18)23-17)16-7-5-13(3)31-16/h4-9H,10H2,1-3H3,(H,22,23,28). The molecular formula is C21H18N6OS3. The molecule has 0 bridgehead atoms. The number of hydrogen-bond donors (Lipinski definition) is 1. The second-order valence-corrected chi connectivity index (χ2v) is 10.3. The second kappa shape index (κ2) is 8.03. The van der Waals surface area contributed by atoms with Crippen LogP contribution < -0.4 is 5.56 Å². The monoisotopic (exact) mass is 466 g/mol. The third-order valence-corrected chi connectivity index (χ3v) is 7.85. The Bertz CT molecular complexity index is 1460. The number of rotatable bonds is 5. The Balaban J connectivity index is 1.42. The first-order chi connectivity index (χ1) is 15.0. The predicted molar refractivity (Wildman–Crippen MR) is 126 cm³/mol. The van der Waals surface area contributed by atoms with Gasteiger partial charge >= 0.3 is 0 Å². The smallest absolute Gasteiger partial charge is 0.260 e. The van der Waals surface area contributed by atoms with Crippen LogP contribution in [0.1, 0.15) is 21.8 Å². The van der Waals surface area contributed by atoms with Crippen molar-refractivity contribution < 1.29 is 0 Å². The van der Waals surface area contributed by atoms with Gasteiger partial charge in [-0.05, 0) is 66.6 Å². The lowest BCUT2D eigenvalue weighted by molar-refractivity contribution is 0.755. The molecule has 10 heteroatoms.